The molecule has 2 rings (SSSR count). The number of hydrogen-bond acceptors (Lipinski definition) is 4. The van der Waals surface area contributed by atoms with Crippen LogP contribution in [0.5, 0.6) is 5.75 Å². The van der Waals surface area contributed by atoms with Gasteiger partial charge in [-0.2, -0.15) is 0 Å². The number of anilines is 1. The summed E-state index contributed by atoms with van der Waals surface area (Å²) in [5.74, 6) is -1.50. The molecule has 0 aromatic heterocycles. The number of rotatable bonds is 3. The van der Waals surface area contributed by atoms with Crippen LogP contribution in [0.2, 0.25) is 0 Å². The average Bonchev–Trinajstić information content (AvgIpc) is 2.70. The molecular weight excluding hydrogens is 236 g/mol. The molecule has 1 fully saturated rings. The zero-order chi connectivity index (χ0) is 13.3. The quantitative estimate of drug-likeness (QED) is 0.720. The van der Waals surface area contributed by atoms with Gasteiger partial charge in [0.25, 0.3) is 0 Å². The van der Waals surface area contributed by atoms with E-state index in [0.29, 0.717) is 25.2 Å². The Morgan fingerprint density at radius 3 is 2.72 bits per heavy atom. The zero-order valence-corrected chi connectivity index (χ0v) is 9.67. The van der Waals surface area contributed by atoms with Crippen molar-refractivity contribution in [1.29, 1.82) is 0 Å². The highest BCUT2D eigenvalue weighted by Gasteiger charge is 2.30. The lowest BCUT2D eigenvalue weighted by atomic mass is 10.1. The number of benzene rings is 1. The number of nitrogens with zero attached hydrogens (tertiary/aromatic N) is 1. The second-order valence-electron chi connectivity index (χ2n) is 4.32. The summed E-state index contributed by atoms with van der Waals surface area (Å²) in [4.78, 5) is 24.0. The number of carbonyl (C=O) groups is 2. The van der Waals surface area contributed by atoms with Crippen LogP contribution in [-0.4, -0.2) is 35.2 Å². The summed E-state index contributed by atoms with van der Waals surface area (Å²) in [6.07, 6.45) is 0.387. The number of nitrogens with two attached hydrogens (primary N) is 1. The maximum absolute atomic E-state index is 11.7. The van der Waals surface area contributed by atoms with Crippen LogP contribution < -0.4 is 10.6 Å². The maximum Gasteiger partial charge on any atom is 0.339 e. The lowest BCUT2D eigenvalue weighted by Crippen LogP contribution is -2.25. The van der Waals surface area contributed by atoms with E-state index in [1.165, 1.54) is 23.1 Å². The molecule has 0 saturated carbocycles. The zero-order valence-electron chi connectivity index (χ0n) is 9.67. The molecular formula is C12H14N2O4. The SMILES string of the molecule is NCC1CC(=O)N(c2ccc(C(=O)O)c(O)c2)C1. The molecule has 0 aliphatic carbocycles. The van der Waals surface area contributed by atoms with Gasteiger partial charge < -0.3 is 20.8 Å². The fourth-order valence-corrected chi connectivity index (χ4v) is 2.06. The van der Waals surface area contributed by atoms with Crippen molar-refractivity contribution in [3.8, 4) is 5.75 Å². The smallest absolute Gasteiger partial charge is 0.339 e. The molecule has 18 heavy (non-hydrogen) atoms. The third-order valence-corrected chi connectivity index (χ3v) is 3.06. The molecule has 4 N–H and O–H groups in total. The van der Waals surface area contributed by atoms with Crippen LogP contribution in [0.25, 0.3) is 0 Å². The Balaban J connectivity index is 2.27. The maximum atomic E-state index is 11.7. The molecule has 1 saturated heterocycles. The van der Waals surface area contributed by atoms with Crippen molar-refractivity contribution in [1.82, 2.24) is 0 Å². The minimum absolute atomic E-state index is 0.0621. The molecule has 6 nitrogen and oxygen atoms in total. The second-order valence-corrected chi connectivity index (χ2v) is 4.32. The summed E-state index contributed by atoms with van der Waals surface area (Å²) >= 11 is 0. The minimum Gasteiger partial charge on any atom is -0.507 e. The Kier molecular flexibility index (Phi) is 3.20. The van der Waals surface area contributed by atoms with Crippen LogP contribution in [0, 0.1) is 5.92 Å². The van der Waals surface area contributed by atoms with E-state index in [9.17, 15) is 14.7 Å². The summed E-state index contributed by atoms with van der Waals surface area (Å²) in [5, 5.41) is 18.4. The predicted molar refractivity (Wildman–Crippen MR) is 64.6 cm³/mol. The normalized spacial score (nSPS) is 19.3. The highest BCUT2D eigenvalue weighted by molar-refractivity contribution is 5.97. The lowest BCUT2D eigenvalue weighted by molar-refractivity contribution is -0.117. The van der Waals surface area contributed by atoms with Gasteiger partial charge in [-0.25, -0.2) is 4.79 Å². The van der Waals surface area contributed by atoms with Gasteiger partial charge in [0, 0.05) is 24.7 Å². The van der Waals surface area contributed by atoms with Crippen LogP contribution in [0.3, 0.4) is 0 Å². The number of amides is 1. The van der Waals surface area contributed by atoms with Crippen molar-refractivity contribution < 1.29 is 19.8 Å². The van der Waals surface area contributed by atoms with E-state index in [1.54, 1.807) is 0 Å². The Labute approximate surface area is 104 Å². The molecule has 0 bridgehead atoms. The molecule has 1 aromatic rings. The van der Waals surface area contributed by atoms with E-state index in [2.05, 4.69) is 0 Å². The van der Waals surface area contributed by atoms with Crippen LogP contribution in [0.1, 0.15) is 16.8 Å². The van der Waals surface area contributed by atoms with Gasteiger partial charge in [0.1, 0.15) is 11.3 Å². The Morgan fingerprint density at radius 1 is 1.50 bits per heavy atom. The van der Waals surface area contributed by atoms with Crippen molar-refractivity contribution in [2.75, 3.05) is 18.0 Å². The summed E-state index contributed by atoms with van der Waals surface area (Å²) in [6.45, 7) is 0.933. The highest BCUT2D eigenvalue weighted by atomic mass is 16.4. The monoisotopic (exact) mass is 250 g/mol. The molecule has 96 valence electrons. The van der Waals surface area contributed by atoms with Gasteiger partial charge in [-0.05, 0) is 24.6 Å². The van der Waals surface area contributed by atoms with Crippen LogP contribution >= 0.6 is 0 Å². The van der Waals surface area contributed by atoms with Crippen molar-refractivity contribution in [3.63, 3.8) is 0 Å². The van der Waals surface area contributed by atoms with E-state index in [-0.39, 0.29) is 23.1 Å². The molecule has 0 spiro atoms. The Morgan fingerprint density at radius 2 is 2.22 bits per heavy atom. The van der Waals surface area contributed by atoms with E-state index >= 15 is 0 Å². The molecule has 1 amide bonds. The number of aromatic hydroxyl groups is 1. The first-order valence-corrected chi connectivity index (χ1v) is 5.59. The molecule has 1 heterocycles. The van der Waals surface area contributed by atoms with Gasteiger partial charge >= 0.3 is 5.97 Å². The molecule has 1 atom stereocenters. The first-order chi connectivity index (χ1) is 8.52. The van der Waals surface area contributed by atoms with E-state index in [0.717, 1.165) is 0 Å². The third kappa shape index (κ3) is 2.14. The molecule has 1 aromatic carbocycles. The number of aromatic carboxylic acids is 1. The third-order valence-electron chi connectivity index (χ3n) is 3.06. The lowest BCUT2D eigenvalue weighted by Gasteiger charge is -2.17. The molecule has 1 aliphatic rings. The predicted octanol–water partition coefficient (Wildman–Crippen LogP) is 0.402. The van der Waals surface area contributed by atoms with Gasteiger partial charge in [-0.15, -0.1) is 0 Å². The molecule has 1 unspecified atom stereocenters. The Hall–Kier alpha value is -2.08. The largest absolute Gasteiger partial charge is 0.507 e. The standard InChI is InChI=1S/C12H14N2O4/c13-5-7-3-11(16)14(6-7)8-1-2-9(12(17)18)10(15)4-8/h1-2,4,7,15H,3,5-6,13H2,(H,17,18). The first kappa shape index (κ1) is 12.4. The van der Waals surface area contributed by atoms with E-state index in [4.69, 9.17) is 10.8 Å². The number of carboxylic acids is 1. The number of hydrogen-bond donors (Lipinski definition) is 3. The van der Waals surface area contributed by atoms with Crippen molar-refractivity contribution in [2.24, 2.45) is 11.7 Å². The van der Waals surface area contributed by atoms with Gasteiger partial charge in [0.15, 0.2) is 0 Å². The topological polar surface area (TPSA) is 104 Å². The minimum atomic E-state index is -1.20. The van der Waals surface area contributed by atoms with Crippen molar-refractivity contribution in [3.05, 3.63) is 23.8 Å². The number of carboxylic acid groups (broad SMARTS) is 1. The summed E-state index contributed by atoms with van der Waals surface area (Å²) in [6, 6.07) is 4.09. The average molecular weight is 250 g/mol. The van der Waals surface area contributed by atoms with Gasteiger partial charge in [-0.3, -0.25) is 4.79 Å². The fourth-order valence-electron chi connectivity index (χ4n) is 2.06. The van der Waals surface area contributed by atoms with Crippen LogP contribution in [0.4, 0.5) is 5.69 Å². The first-order valence-electron chi connectivity index (χ1n) is 5.59. The molecule has 6 heteroatoms. The summed E-state index contributed by atoms with van der Waals surface area (Å²) in [7, 11) is 0. The summed E-state index contributed by atoms with van der Waals surface area (Å²) < 4.78 is 0. The molecule has 0 radical (unpaired) electrons. The van der Waals surface area contributed by atoms with Gasteiger partial charge in [-0.1, -0.05) is 0 Å². The van der Waals surface area contributed by atoms with E-state index in [1.807, 2.05) is 0 Å². The van der Waals surface area contributed by atoms with Crippen molar-refractivity contribution >= 4 is 17.6 Å². The Bertz CT molecular complexity index is 501. The van der Waals surface area contributed by atoms with Gasteiger partial charge in [0.05, 0.1) is 0 Å². The van der Waals surface area contributed by atoms with Crippen LogP contribution in [0.15, 0.2) is 18.2 Å². The van der Waals surface area contributed by atoms with Crippen molar-refractivity contribution in [2.45, 2.75) is 6.42 Å². The number of phenols is 1. The molecule has 1 aliphatic heterocycles. The fraction of sp³-hybridized carbons (Fsp3) is 0.333. The van der Waals surface area contributed by atoms with Gasteiger partial charge in [0.2, 0.25) is 5.91 Å². The summed E-state index contributed by atoms with van der Waals surface area (Å²) in [5.41, 5.74) is 5.84. The van der Waals surface area contributed by atoms with E-state index < -0.39 is 5.97 Å². The highest BCUT2D eigenvalue weighted by Crippen LogP contribution is 2.29. The second kappa shape index (κ2) is 4.66. The number of carbonyl (C=O) groups excluding carboxylic acids is 1. The van der Waals surface area contributed by atoms with Crippen LogP contribution in [-0.2, 0) is 4.79 Å².